The Bertz CT molecular complexity index is 870. The van der Waals surface area contributed by atoms with Gasteiger partial charge in [0.05, 0.1) is 16.3 Å². The first kappa shape index (κ1) is 17.4. The Kier molecular flexibility index (Phi) is 5.67. The molecule has 0 N–H and O–H groups in total. The van der Waals surface area contributed by atoms with Crippen molar-refractivity contribution in [3.8, 4) is 11.5 Å². The standard InChI is InChI=1S/C17H12ClFN2O3S/c18-14-4-2-1-3-13(14)17-21-20-15(24-17)9-23-16(22)10-25-12-7-5-11(19)6-8-12/h1-8H,9-10H2. The third-order valence-corrected chi connectivity index (χ3v) is 4.41. The Labute approximate surface area is 152 Å². The number of hydrogen-bond acceptors (Lipinski definition) is 6. The van der Waals surface area contributed by atoms with E-state index in [1.54, 1.807) is 36.4 Å². The fourth-order valence-corrected chi connectivity index (χ4v) is 2.83. The number of ether oxygens (including phenoxy) is 1. The lowest BCUT2D eigenvalue weighted by Crippen LogP contribution is -2.07. The third-order valence-electron chi connectivity index (χ3n) is 3.10. The second-order valence-electron chi connectivity index (χ2n) is 4.88. The molecule has 0 spiro atoms. The van der Waals surface area contributed by atoms with Crippen LogP contribution in [-0.4, -0.2) is 21.9 Å². The Hall–Kier alpha value is -2.38. The fourth-order valence-electron chi connectivity index (χ4n) is 1.91. The molecule has 0 amide bonds. The van der Waals surface area contributed by atoms with Crippen LogP contribution in [0.5, 0.6) is 0 Å². The first-order valence-electron chi connectivity index (χ1n) is 7.23. The Morgan fingerprint density at radius 2 is 1.92 bits per heavy atom. The molecule has 0 fully saturated rings. The van der Waals surface area contributed by atoms with E-state index in [1.165, 1.54) is 23.9 Å². The number of halogens is 2. The van der Waals surface area contributed by atoms with Gasteiger partial charge in [-0.1, -0.05) is 23.7 Å². The lowest BCUT2D eigenvalue weighted by Gasteiger charge is -2.02. The van der Waals surface area contributed by atoms with Crippen LogP contribution in [0, 0.1) is 5.82 Å². The lowest BCUT2D eigenvalue weighted by atomic mass is 10.2. The van der Waals surface area contributed by atoms with Crippen molar-refractivity contribution < 1.29 is 18.3 Å². The van der Waals surface area contributed by atoms with Crippen molar-refractivity contribution in [3.05, 3.63) is 65.3 Å². The van der Waals surface area contributed by atoms with E-state index >= 15 is 0 Å². The summed E-state index contributed by atoms with van der Waals surface area (Å²) in [5.41, 5.74) is 0.612. The predicted molar refractivity (Wildman–Crippen MR) is 91.7 cm³/mol. The average Bonchev–Trinajstić information content (AvgIpc) is 3.08. The number of esters is 1. The number of carbonyl (C=O) groups is 1. The molecule has 1 heterocycles. The van der Waals surface area contributed by atoms with Crippen LogP contribution in [0.3, 0.4) is 0 Å². The van der Waals surface area contributed by atoms with Gasteiger partial charge in [0.2, 0.25) is 5.89 Å². The van der Waals surface area contributed by atoms with Gasteiger partial charge < -0.3 is 9.15 Å². The highest BCUT2D eigenvalue weighted by molar-refractivity contribution is 8.00. The molecule has 0 aliphatic rings. The van der Waals surface area contributed by atoms with Gasteiger partial charge in [-0.25, -0.2) is 4.39 Å². The third kappa shape index (κ3) is 4.80. The fraction of sp³-hybridized carbons (Fsp3) is 0.118. The zero-order chi connectivity index (χ0) is 17.6. The number of rotatable bonds is 6. The number of benzene rings is 2. The quantitative estimate of drug-likeness (QED) is 0.469. The minimum Gasteiger partial charge on any atom is -0.455 e. The largest absolute Gasteiger partial charge is 0.455 e. The molecule has 3 rings (SSSR count). The van der Waals surface area contributed by atoms with Gasteiger partial charge in [-0.3, -0.25) is 4.79 Å². The summed E-state index contributed by atoms with van der Waals surface area (Å²) in [7, 11) is 0. The molecule has 0 saturated carbocycles. The lowest BCUT2D eigenvalue weighted by molar-refractivity contribution is -0.142. The van der Waals surface area contributed by atoms with Gasteiger partial charge in [-0.05, 0) is 36.4 Å². The van der Waals surface area contributed by atoms with Crippen LogP contribution in [0.15, 0.2) is 57.8 Å². The molecule has 1 aromatic heterocycles. The molecular formula is C17H12ClFN2O3S. The molecule has 2 aromatic carbocycles. The summed E-state index contributed by atoms with van der Waals surface area (Å²) in [6, 6.07) is 12.9. The normalized spacial score (nSPS) is 10.6. The molecular weight excluding hydrogens is 367 g/mol. The molecule has 0 unspecified atom stereocenters. The van der Waals surface area contributed by atoms with Gasteiger partial charge in [-0.2, -0.15) is 0 Å². The van der Waals surface area contributed by atoms with Crippen molar-refractivity contribution in [3.63, 3.8) is 0 Å². The molecule has 25 heavy (non-hydrogen) atoms. The number of aromatic nitrogens is 2. The van der Waals surface area contributed by atoms with Crippen LogP contribution >= 0.6 is 23.4 Å². The zero-order valence-corrected chi connectivity index (χ0v) is 14.4. The van der Waals surface area contributed by atoms with Gasteiger partial charge in [-0.15, -0.1) is 22.0 Å². The predicted octanol–water partition coefficient (Wildman–Crippen LogP) is 4.36. The van der Waals surface area contributed by atoms with Crippen LogP contribution < -0.4 is 0 Å². The maximum absolute atomic E-state index is 12.8. The van der Waals surface area contributed by atoms with E-state index in [0.717, 1.165) is 4.90 Å². The second kappa shape index (κ2) is 8.13. The van der Waals surface area contributed by atoms with Crippen LogP contribution in [-0.2, 0) is 16.1 Å². The van der Waals surface area contributed by atoms with Gasteiger partial charge >= 0.3 is 5.97 Å². The average molecular weight is 379 g/mol. The molecule has 5 nitrogen and oxygen atoms in total. The molecule has 128 valence electrons. The number of carbonyl (C=O) groups excluding carboxylic acids is 1. The summed E-state index contributed by atoms with van der Waals surface area (Å²) in [4.78, 5) is 12.5. The Morgan fingerprint density at radius 3 is 2.68 bits per heavy atom. The number of thioether (sulfide) groups is 1. The Morgan fingerprint density at radius 1 is 1.16 bits per heavy atom. The van der Waals surface area contributed by atoms with E-state index in [4.69, 9.17) is 20.8 Å². The van der Waals surface area contributed by atoms with Crippen molar-refractivity contribution in [1.29, 1.82) is 0 Å². The maximum atomic E-state index is 12.8. The molecule has 8 heteroatoms. The minimum absolute atomic E-state index is 0.0944. The van der Waals surface area contributed by atoms with Crippen LogP contribution in [0.2, 0.25) is 5.02 Å². The molecule has 0 aliphatic carbocycles. The van der Waals surface area contributed by atoms with Gasteiger partial charge in [0.15, 0.2) is 6.61 Å². The van der Waals surface area contributed by atoms with Crippen molar-refractivity contribution in [2.24, 2.45) is 0 Å². The first-order chi connectivity index (χ1) is 12.1. The summed E-state index contributed by atoms with van der Waals surface area (Å²) in [6.45, 7) is -0.125. The van der Waals surface area contributed by atoms with Crippen LogP contribution in [0.4, 0.5) is 4.39 Å². The summed E-state index contributed by atoms with van der Waals surface area (Å²) >= 11 is 7.32. The van der Waals surface area contributed by atoms with Crippen molar-refractivity contribution in [1.82, 2.24) is 10.2 Å². The first-order valence-corrected chi connectivity index (χ1v) is 8.59. The molecule has 0 radical (unpaired) electrons. The van der Waals surface area contributed by atoms with E-state index in [1.807, 2.05) is 0 Å². The van der Waals surface area contributed by atoms with Gasteiger partial charge in [0, 0.05) is 4.90 Å². The monoisotopic (exact) mass is 378 g/mol. The van der Waals surface area contributed by atoms with Gasteiger partial charge in [0.1, 0.15) is 5.82 Å². The van der Waals surface area contributed by atoms with Crippen molar-refractivity contribution >= 4 is 29.3 Å². The number of nitrogens with zero attached hydrogens (tertiary/aromatic N) is 2. The van der Waals surface area contributed by atoms with Gasteiger partial charge in [0.25, 0.3) is 5.89 Å². The minimum atomic E-state index is -0.438. The van der Waals surface area contributed by atoms with E-state index in [0.29, 0.717) is 10.6 Å². The summed E-state index contributed by atoms with van der Waals surface area (Å²) in [6.07, 6.45) is 0. The smallest absolute Gasteiger partial charge is 0.316 e. The SMILES string of the molecule is O=C(CSc1ccc(F)cc1)OCc1nnc(-c2ccccc2Cl)o1. The van der Waals surface area contributed by atoms with Crippen LogP contribution in [0.1, 0.15) is 5.89 Å². The highest BCUT2D eigenvalue weighted by Crippen LogP contribution is 2.26. The molecule has 0 aliphatic heterocycles. The summed E-state index contributed by atoms with van der Waals surface area (Å²) < 4.78 is 23.3. The topological polar surface area (TPSA) is 65.2 Å². The van der Waals surface area contributed by atoms with E-state index in [-0.39, 0.29) is 30.0 Å². The van der Waals surface area contributed by atoms with E-state index < -0.39 is 5.97 Å². The molecule has 0 bridgehead atoms. The maximum Gasteiger partial charge on any atom is 0.316 e. The molecule has 0 atom stereocenters. The summed E-state index contributed by atoms with van der Waals surface area (Å²) in [5, 5.41) is 8.22. The van der Waals surface area contributed by atoms with Crippen molar-refractivity contribution in [2.45, 2.75) is 11.5 Å². The number of hydrogen-bond donors (Lipinski definition) is 0. The Balaban J connectivity index is 1.51. The summed E-state index contributed by atoms with van der Waals surface area (Å²) in [5.74, 6) is -0.228. The van der Waals surface area contributed by atoms with E-state index in [9.17, 15) is 9.18 Å². The van der Waals surface area contributed by atoms with Crippen molar-refractivity contribution in [2.75, 3.05) is 5.75 Å². The molecule has 0 saturated heterocycles. The zero-order valence-electron chi connectivity index (χ0n) is 12.8. The second-order valence-corrected chi connectivity index (χ2v) is 6.34. The molecule has 3 aromatic rings. The van der Waals surface area contributed by atoms with Crippen LogP contribution in [0.25, 0.3) is 11.5 Å². The highest BCUT2D eigenvalue weighted by Gasteiger charge is 2.13. The highest BCUT2D eigenvalue weighted by atomic mass is 35.5. The van der Waals surface area contributed by atoms with E-state index in [2.05, 4.69) is 10.2 Å².